The monoisotopic (exact) mass is 270 g/mol. The first kappa shape index (κ1) is 14.6. The number of nitrogens with zero attached hydrogens (tertiary/aromatic N) is 1. The zero-order chi connectivity index (χ0) is 14.6. The van der Waals surface area contributed by atoms with Crippen molar-refractivity contribution in [2.45, 2.75) is 39.7 Å². The Morgan fingerprint density at radius 1 is 1.35 bits per heavy atom. The summed E-state index contributed by atoms with van der Waals surface area (Å²) in [6.45, 7) is 7.34. The fraction of sp³-hybridized carbons (Fsp3) is 0.471. The van der Waals surface area contributed by atoms with Gasteiger partial charge in [-0.25, -0.2) is 0 Å². The number of nitrogens with one attached hydrogen (secondary N) is 1. The second-order valence-electron chi connectivity index (χ2n) is 6.11. The van der Waals surface area contributed by atoms with E-state index in [1.807, 2.05) is 18.2 Å². The van der Waals surface area contributed by atoms with E-state index in [1.165, 1.54) is 0 Å². The van der Waals surface area contributed by atoms with Crippen molar-refractivity contribution in [1.29, 1.82) is 5.26 Å². The molecule has 1 unspecified atom stereocenters. The molecule has 0 bridgehead atoms. The molecule has 106 valence electrons. The Bertz CT molecular complexity index is 574. The molecule has 1 heterocycles. The second-order valence-corrected chi connectivity index (χ2v) is 6.11. The molecular formula is C17H22N2O. The van der Waals surface area contributed by atoms with E-state index in [1.54, 1.807) is 0 Å². The van der Waals surface area contributed by atoms with Gasteiger partial charge in [-0.2, -0.15) is 5.26 Å². The average Bonchev–Trinajstić information content (AvgIpc) is 2.86. The summed E-state index contributed by atoms with van der Waals surface area (Å²) in [5.74, 6) is 0.960. The number of hydrogen-bond donors (Lipinski definition) is 1. The van der Waals surface area contributed by atoms with Crippen LogP contribution in [0.1, 0.15) is 45.4 Å². The molecule has 2 aromatic rings. The van der Waals surface area contributed by atoms with Crippen LogP contribution >= 0.6 is 0 Å². The van der Waals surface area contributed by atoms with Gasteiger partial charge in [-0.05, 0) is 30.9 Å². The fourth-order valence-corrected chi connectivity index (χ4v) is 2.23. The van der Waals surface area contributed by atoms with E-state index in [4.69, 9.17) is 9.68 Å². The molecule has 0 saturated carbocycles. The molecule has 0 aliphatic carbocycles. The van der Waals surface area contributed by atoms with E-state index in [0.29, 0.717) is 6.42 Å². The normalized spacial score (nSPS) is 13.3. The van der Waals surface area contributed by atoms with Crippen molar-refractivity contribution in [2.24, 2.45) is 5.41 Å². The molecule has 0 aliphatic rings. The third kappa shape index (κ3) is 3.61. The highest BCUT2D eigenvalue weighted by molar-refractivity contribution is 5.77. The number of benzene rings is 1. The minimum Gasteiger partial charge on any atom is -0.459 e. The Labute approximate surface area is 120 Å². The molecule has 0 spiro atoms. The van der Waals surface area contributed by atoms with E-state index in [-0.39, 0.29) is 11.5 Å². The standard InChI is InChI=1S/C17H22N2O/c1-13(19-12-17(2,3)9-6-10-18)16-11-14-7-4-5-8-15(14)20-16/h4-5,7-8,11,13,19H,6,9,12H2,1-3H3. The lowest BCUT2D eigenvalue weighted by Crippen LogP contribution is -2.31. The summed E-state index contributed by atoms with van der Waals surface area (Å²) < 4.78 is 5.86. The Morgan fingerprint density at radius 2 is 2.10 bits per heavy atom. The van der Waals surface area contributed by atoms with Gasteiger partial charge in [0.25, 0.3) is 0 Å². The van der Waals surface area contributed by atoms with E-state index >= 15 is 0 Å². The zero-order valence-corrected chi connectivity index (χ0v) is 12.4. The molecule has 0 fully saturated rings. The number of fused-ring (bicyclic) bond motifs is 1. The van der Waals surface area contributed by atoms with Crippen LogP contribution in [0.25, 0.3) is 11.0 Å². The predicted molar refractivity (Wildman–Crippen MR) is 81.3 cm³/mol. The highest BCUT2D eigenvalue weighted by Gasteiger charge is 2.19. The molecule has 1 aromatic carbocycles. The lowest BCUT2D eigenvalue weighted by molar-refractivity contribution is 0.296. The first-order chi connectivity index (χ1) is 9.52. The quantitative estimate of drug-likeness (QED) is 0.845. The summed E-state index contributed by atoms with van der Waals surface area (Å²) in [6.07, 6.45) is 1.51. The summed E-state index contributed by atoms with van der Waals surface area (Å²) in [4.78, 5) is 0. The van der Waals surface area contributed by atoms with E-state index in [2.05, 4.69) is 44.3 Å². The third-order valence-corrected chi connectivity index (χ3v) is 3.67. The van der Waals surface area contributed by atoms with Crippen molar-refractivity contribution in [1.82, 2.24) is 5.32 Å². The highest BCUT2D eigenvalue weighted by Crippen LogP contribution is 2.26. The zero-order valence-electron chi connectivity index (χ0n) is 12.4. The second kappa shape index (κ2) is 6.11. The maximum Gasteiger partial charge on any atom is 0.134 e. The van der Waals surface area contributed by atoms with Crippen LogP contribution in [0.5, 0.6) is 0 Å². The van der Waals surface area contributed by atoms with Gasteiger partial charge in [-0.15, -0.1) is 0 Å². The van der Waals surface area contributed by atoms with Crippen molar-refractivity contribution in [3.05, 3.63) is 36.1 Å². The molecule has 1 atom stereocenters. The molecular weight excluding hydrogens is 248 g/mol. The Morgan fingerprint density at radius 3 is 2.80 bits per heavy atom. The van der Waals surface area contributed by atoms with Gasteiger partial charge >= 0.3 is 0 Å². The summed E-state index contributed by atoms with van der Waals surface area (Å²) in [6, 6.07) is 12.5. The van der Waals surface area contributed by atoms with Gasteiger partial charge in [0.2, 0.25) is 0 Å². The molecule has 20 heavy (non-hydrogen) atoms. The van der Waals surface area contributed by atoms with Gasteiger partial charge < -0.3 is 9.73 Å². The number of furan rings is 1. The third-order valence-electron chi connectivity index (χ3n) is 3.67. The van der Waals surface area contributed by atoms with Crippen molar-refractivity contribution < 1.29 is 4.42 Å². The topological polar surface area (TPSA) is 49.0 Å². The minimum atomic E-state index is 0.121. The molecule has 0 amide bonds. The number of nitriles is 1. The van der Waals surface area contributed by atoms with Gasteiger partial charge in [-0.1, -0.05) is 32.0 Å². The minimum absolute atomic E-state index is 0.121. The maximum atomic E-state index is 8.68. The number of rotatable bonds is 6. The van der Waals surface area contributed by atoms with Crippen LogP contribution in [-0.2, 0) is 0 Å². The van der Waals surface area contributed by atoms with Gasteiger partial charge in [0.05, 0.1) is 12.1 Å². The van der Waals surface area contributed by atoms with E-state index in [0.717, 1.165) is 29.7 Å². The number of hydrogen-bond acceptors (Lipinski definition) is 3. The number of para-hydroxylation sites is 1. The van der Waals surface area contributed by atoms with Crippen LogP contribution in [0.4, 0.5) is 0 Å². The highest BCUT2D eigenvalue weighted by atomic mass is 16.3. The van der Waals surface area contributed by atoms with Gasteiger partial charge in [0.15, 0.2) is 0 Å². The SMILES string of the molecule is CC(NCC(C)(C)CCC#N)c1cc2ccccc2o1. The van der Waals surface area contributed by atoms with E-state index in [9.17, 15) is 0 Å². The van der Waals surface area contributed by atoms with Crippen LogP contribution in [-0.4, -0.2) is 6.54 Å². The summed E-state index contributed by atoms with van der Waals surface area (Å²) in [5.41, 5.74) is 1.05. The van der Waals surface area contributed by atoms with Crippen LogP contribution in [0, 0.1) is 16.7 Å². The molecule has 3 heteroatoms. The molecule has 1 aromatic heterocycles. The van der Waals surface area contributed by atoms with Crippen molar-refractivity contribution in [3.8, 4) is 6.07 Å². The van der Waals surface area contributed by atoms with Crippen molar-refractivity contribution in [2.75, 3.05) is 6.54 Å². The summed E-state index contributed by atoms with van der Waals surface area (Å²) >= 11 is 0. The molecule has 0 saturated heterocycles. The molecule has 1 N–H and O–H groups in total. The smallest absolute Gasteiger partial charge is 0.134 e. The molecule has 3 nitrogen and oxygen atoms in total. The van der Waals surface area contributed by atoms with E-state index < -0.39 is 0 Å². The Balaban J connectivity index is 1.98. The van der Waals surface area contributed by atoms with Crippen LogP contribution in [0.2, 0.25) is 0 Å². The van der Waals surface area contributed by atoms with Gasteiger partial charge in [0.1, 0.15) is 11.3 Å². The average molecular weight is 270 g/mol. The largest absolute Gasteiger partial charge is 0.459 e. The van der Waals surface area contributed by atoms with Gasteiger partial charge in [-0.3, -0.25) is 0 Å². The summed E-state index contributed by atoms with van der Waals surface area (Å²) in [5, 5.41) is 13.3. The van der Waals surface area contributed by atoms with Crippen molar-refractivity contribution >= 4 is 11.0 Å². The first-order valence-corrected chi connectivity index (χ1v) is 7.11. The predicted octanol–water partition coefficient (Wildman–Crippen LogP) is 4.41. The first-order valence-electron chi connectivity index (χ1n) is 7.11. The fourth-order valence-electron chi connectivity index (χ4n) is 2.23. The van der Waals surface area contributed by atoms with Crippen LogP contribution in [0.3, 0.4) is 0 Å². The summed E-state index contributed by atoms with van der Waals surface area (Å²) in [7, 11) is 0. The molecule has 0 aliphatic heterocycles. The van der Waals surface area contributed by atoms with Crippen molar-refractivity contribution in [3.63, 3.8) is 0 Å². The maximum absolute atomic E-state index is 8.68. The Kier molecular flexibility index (Phi) is 4.46. The van der Waals surface area contributed by atoms with Gasteiger partial charge in [0, 0.05) is 18.4 Å². The molecule has 2 rings (SSSR count). The lowest BCUT2D eigenvalue weighted by atomic mass is 9.88. The Hall–Kier alpha value is -1.79. The molecule has 0 radical (unpaired) electrons. The lowest BCUT2D eigenvalue weighted by Gasteiger charge is -2.25. The van der Waals surface area contributed by atoms with Crippen LogP contribution < -0.4 is 5.32 Å². The van der Waals surface area contributed by atoms with Crippen LogP contribution in [0.15, 0.2) is 34.7 Å².